The fourth-order valence-electron chi connectivity index (χ4n) is 5.26. The maximum atomic E-state index is 15.5. The van der Waals surface area contributed by atoms with Crippen LogP contribution in [0.2, 0.25) is 0 Å². The molecule has 1 aliphatic rings. The molecule has 1 fully saturated rings. The van der Waals surface area contributed by atoms with Gasteiger partial charge < -0.3 is 19.6 Å². The first-order valence-corrected chi connectivity index (χ1v) is 15.3. The molecule has 0 saturated heterocycles. The molecule has 0 spiro atoms. The van der Waals surface area contributed by atoms with Gasteiger partial charge >= 0.3 is 12.1 Å². The predicted molar refractivity (Wildman–Crippen MR) is 160 cm³/mol. The third kappa shape index (κ3) is 7.66. The molecule has 2 heterocycles. The molecule has 1 saturated carbocycles. The summed E-state index contributed by atoms with van der Waals surface area (Å²) < 4.78 is 63.0. The number of alkyl halides is 3. The molecule has 13 heteroatoms. The highest BCUT2D eigenvalue weighted by Gasteiger charge is 2.37. The Hall–Kier alpha value is -3.74. The third-order valence-electron chi connectivity index (χ3n) is 7.67. The van der Waals surface area contributed by atoms with Crippen LogP contribution in [0.15, 0.2) is 29.8 Å². The fourth-order valence-corrected chi connectivity index (χ4v) is 6.05. The highest BCUT2D eigenvalue weighted by atomic mass is 32.1. The Balaban J connectivity index is 1.63. The van der Waals surface area contributed by atoms with E-state index in [1.165, 1.54) is 22.4 Å². The van der Waals surface area contributed by atoms with Gasteiger partial charge in [0.25, 0.3) is 0 Å². The molecule has 0 aliphatic heterocycles. The number of rotatable bonds is 10. The summed E-state index contributed by atoms with van der Waals surface area (Å²) in [6.45, 7) is 5.48. The Morgan fingerprint density at radius 1 is 1.11 bits per heavy atom. The van der Waals surface area contributed by atoms with Crippen LogP contribution in [-0.4, -0.2) is 47.1 Å². The van der Waals surface area contributed by atoms with Crippen LogP contribution in [0.5, 0.6) is 11.6 Å². The minimum absolute atomic E-state index is 0.181. The number of hydrogen-bond donors (Lipinski definition) is 1. The maximum Gasteiger partial charge on any atom is 0.421 e. The smallest absolute Gasteiger partial charge is 0.421 e. The van der Waals surface area contributed by atoms with E-state index < -0.39 is 46.8 Å². The van der Waals surface area contributed by atoms with Crippen molar-refractivity contribution in [2.75, 3.05) is 23.9 Å². The van der Waals surface area contributed by atoms with E-state index in [1.54, 1.807) is 13.8 Å². The van der Waals surface area contributed by atoms with Crippen molar-refractivity contribution >= 4 is 34.0 Å². The standard InChI is InChI=1S/C31H36F4N4O4S/c1-17(2)39(28(40)20-9-6-18(3)7-10-20)25-14-24(32)26(13-22(25)29(41)42)43-27-23(31(33,34)35)12-19(15-36-27)8-11-21-16-44-30(37-21)38(4)5/h12-18,20H,6-11H2,1-5H3,(H,41,42). The van der Waals surface area contributed by atoms with E-state index in [0.717, 1.165) is 41.9 Å². The second-order valence-electron chi connectivity index (χ2n) is 11.7. The van der Waals surface area contributed by atoms with Crippen molar-refractivity contribution in [1.82, 2.24) is 9.97 Å². The van der Waals surface area contributed by atoms with Crippen LogP contribution in [0.4, 0.5) is 28.4 Å². The molecule has 2 aromatic heterocycles. The van der Waals surface area contributed by atoms with Crippen LogP contribution in [-0.2, 0) is 23.8 Å². The van der Waals surface area contributed by atoms with E-state index in [9.17, 15) is 27.9 Å². The van der Waals surface area contributed by atoms with Crippen molar-refractivity contribution in [2.45, 2.75) is 71.5 Å². The topological polar surface area (TPSA) is 95.9 Å². The molecule has 238 valence electrons. The van der Waals surface area contributed by atoms with Gasteiger partial charge in [0.15, 0.2) is 16.7 Å². The van der Waals surface area contributed by atoms with E-state index in [4.69, 9.17) is 4.74 Å². The van der Waals surface area contributed by atoms with Crippen LogP contribution in [0.3, 0.4) is 0 Å². The van der Waals surface area contributed by atoms with Gasteiger partial charge in [-0.05, 0) is 69.9 Å². The number of carbonyl (C=O) groups excluding carboxylic acids is 1. The van der Waals surface area contributed by atoms with Gasteiger partial charge in [-0.3, -0.25) is 4.79 Å². The number of carbonyl (C=O) groups is 2. The Bertz CT molecular complexity index is 1500. The molecular formula is C31H36F4N4O4S. The Kier molecular flexibility index (Phi) is 10.2. The molecule has 1 aromatic carbocycles. The minimum Gasteiger partial charge on any atom is -0.478 e. The quantitative estimate of drug-likeness (QED) is 0.229. The van der Waals surface area contributed by atoms with Crippen LogP contribution in [0.25, 0.3) is 0 Å². The van der Waals surface area contributed by atoms with Crippen LogP contribution in [0.1, 0.15) is 73.6 Å². The number of aromatic nitrogens is 2. The minimum atomic E-state index is -4.89. The first kappa shape index (κ1) is 33.2. The molecule has 3 aromatic rings. The van der Waals surface area contributed by atoms with E-state index >= 15 is 4.39 Å². The van der Waals surface area contributed by atoms with Crippen molar-refractivity contribution < 1.29 is 37.0 Å². The number of benzene rings is 1. The number of hydrogen-bond acceptors (Lipinski definition) is 7. The lowest BCUT2D eigenvalue weighted by Crippen LogP contribution is -2.43. The summed E-state index contributed by atoms with van der Waals surface area (Å²) in [6, 6.07) is 2.02. The van der Waals surface area contributed by atoms with Crippen molar-refractivity contribution in [3.05, 3.63) is 58.0 Å². The number of ether oxygens (including phenoxy) is 1. The molecule has 0 atom stereocenters. The van der Waals surface area contributed by atoms with Gasteiger partial charge in [0, 0.05) is 49.8 Å². The number of nitrogens with zero attached hydrogens (tertiary/aromatic N) is 4. The Morgan fingerprint density at radius 2 is 1.80 bits per heavy atom. The number of aryl methyl sites for hydroxylation is 2. The summed E-state index contributed by atoms with van der Waals surface area (Å²) in [5, 5.41) is 12.6. The van der Waals surface area contributed by atoms with Crippen LogP contribution in [0, 0.1) is 17.7 Å². The summed E-state index contributed by atoms with van der Waals surface area (Å²) in [6.07, 6.45) is -0.101. The van der Waals surface area contributed by atoms with Crippen LogP contribution >= 0.6 is 11.3 Å². The monoisotopic (exact) mass is 636 g/mol. The first-order valence-electron chi connectivity index (χ1n) is 14.4. The molecule has 44 heavy (non-hydrogen) atoms. The zero-order chi connectivity index (χ0) is 32.3. The Morgan fingerprint density at radius 3 is 2.36 bits per heavy atom. The number of anilines is 2. The fraction of sp³-hybridized carbons (Fsp3) is 0.484. The highest BCUT2D eigenvalue weighted by Crippen LogP contribution is 2.40. The lowest BCUT2D eigenvalue weighted by molar-refractivity contribution is -0.139. The first-order chi connectivity index (χ1) is 20.6. The van der Waals surface area contributed by atoms with Crippen molar-refractivity contribution in [2.24, 2.45) is 11.8 Å². The SMILES string of the molecule is CC1CCC(C(=O)N(c2cc(F)c(Oc3ncc(CCc4csc(N(C)C)n4)cc3C(F)(F)F)cc2C(=O)O)C(C)C)CC1. The van der Waals surface area contributed by atoms with E-state index in [1.807, 2.05) is 24.4 Å². The normalized spacial score (nSPS) is 17.0. The molecule has 0 unspecified atom stereocenters. The lowest BCUT2D eigenvalue weighted by Gasteiger charge is -2.34. The van der Waals surface area contributed by atoms with Gasteiger partial charge in [-0.25, -0.2) is 19.2 Å². The van der Waals surface area contributed by atoms with Gasteiger partial charge in [0.05, 0.1) is 16.9 Å². The van der Waals surface area contributed by atoms with Gasteiger partial charge in [-0.15, -0.1) is 11.3 Å². The number of amides is 1. The zero-order valence-electron chi connectivity index (χ0n) is 25.2. The second-order valence-corrected chi connectivity index (χ2v) is 12.5. The summed E-state index contributed by atoms with van der Waals surface area (Å²) >= 11 is 1.42. The summed E-state index contributed by atoms with van der Waals surface area (Å²) in [5.41, 5.74) is -0.886. The van der Waals surface area contributed by atoms with Crippen molar-refractivity contribution in [3.8, 4) is 11.6 Å². The summed E-state index contributed by atoms with van der Waals surface area (Å²) in [5.74, 6) is -4.45. The maximum absolute atomic E-state index is 15.5. The third-order valence-corrected chi connectivity index (χ3v) is 8.73. The van der Waals surface area contributed by atoms with Crippen LogP contribution < -0.4 is 14.5 Å². The molecule has 1 aliphatic carbocycles. The Labute approximate surface area is 257 Å². The molecule has 0 radical (unpaired) electrons. The lowest BCUT2D eigenvalue weighted by atomic mass is 9.82. The largest absolute Gasteiger partial charge is 0.478 e. The molecule has 8 nitrogen and oxygen atoms in total. The highest BCUT2D eigenvalue weighted by molar-refractivity contribution is 7.13. The number of aromatic carboxylic acids is 1. The van der Waals surface area contributed by atoms with E-state index in [2.05, 4.69) is 16.9 Å². The number of thiazole rings is 1. The average Bonchev–Trinajstić information content (AvgIpc) is 3.43. The molecule has 0 bridgehead atoms. The summed E-state index contributed by atoms with van der Waals surface area (Å²) in [7, 11) is 3.68. The predicted octanol–water partition coefficient (Wildman–Crippen LogP) is 7.61. The number of halogens is 4. The number of pyridine rings is 1. The summed E-state index contributed by atoms with van der Waals surface area (Å²) in [4.78, 5) is 37.2. The van der Waals surface area contributed by atoms with Gasteiger partial charge in [0.1, 0.15) is 5.56 Å². The van der Waals surface area contributed by atoms with E-state index in [-0.39, 0.29) is 29.5 Å². The van der Waals surface area contributed by atoms with Gasteiger partial charge in [-0.1, -0.05) is 6.92 Å². The van der Waals surface area contributed by atoms with E-state index in [0.29, 0.717) is 25.2 Å². The molecular weight excluding hydrogens is 600 g/mol. The average molecular weight is 637 g/mol. The van der Waals surface area contributed by atoms with Gasteiger partial charge in [0.2, 0.25) is 11.8 Å². The van der Waals surface area contributed by atoms with Crippen molar-refractivity contribution in [1.29, 1.82) is 0 Å². The second kappa shape index (κ2) is 13.5. The molecule has 1 amide bonds. The van der Waals surface area contributed by atoms with Crippen molar-refractivity contribution in [3.63, 3.8) is 0 Å². The molecule has 1 N–H and O–H groups in total. The van der Waals surface area contributed by atoms with Gasteiger partial charge in [-0.2, -0.15) is 13.2 Å². The zero-order valence-corrected chi connectivity index (χ0v) is 26.1. The number of carboxylic acid groups (broad SMARTS) is 1. The molecule has 4 rings (SSSR count). The number of carboxylic acids is 1.